The van der Waals surface area contributed by atoms with Crippen molar-refractivity contribution in [2.24, 2.45) is 0 Å². The smallest absolute Gasteiger partial charge is 0.317 e. The average Bonchev–Trinajstić information content (AvgIpc) is 2.39. The highest BCUT2D eigenvalue weighted by molar-refractivity contribution is 5.75. The largest absolute Gasteiger partial charge is 0.481 e. The van der Waals surface area contributed by atoms with Gasteiger partial charge in [-0.25, -0.2) is 9.18 Å². The lowest BCUT2D eigenvalue weighted by molar-refractivity contribution is -0.137. The van der Waals surface area contributed by atoms with Crippen LogP contribution in [0.4, 0.5) is 9.18 Å². The molecule has 0 aromatic heterocycles. The maximum atomic E-state index is 13.5. The van der Waals surface area contributed by atoms with Crippen LogP contribution in [-0.4, -0.2) is 35.6 Å². The lowest BCUT2D eigenvalue weighted by Gasteiger charge is -2.17. The second kappa shape index (κ2) is 6.88. The number of carboxylic acid groups (broad SMARTS) is 1. The van der Waals surface area contributed by atoms with E-state index in [0.717, 1.165) is 5.56 Å². The van der Waals surface area contributed by atoms with Crippen molar-refractivity contribution >= 4 is 12.0 Å². The molecule has 0 aliphatic heterocycles. The number of carbonyl (C=O) groups is 2. The van der Waals surface area contributed by atoms with Gasteiger partial charge in [-0.1, -0.05) is 12.1 Å². The number of hydrogen-bond acceptors (Lipinski definition) is 2. The number of urea groups is 1. The summed E-state index contributed by atoms with van der Waals surface area (Å²) in [7, 11) is 1.53. The molecule has 0 bridgehead atoms. The first-order valence-electron chi connectivity index (χ1n) is 6.27. The second-order valence-electron chi connectivity index (χ2n) is 4.77. The molecule has 0 unspecified atom stereocenters. The van der Waals surface area contributed by atoms with Crippen molar-refractivity contribution in [3.63, 3.8) is 0 Å². The van der Waals surface area contributed by atoms with Crippen LogP contribution in [-0.2, 0) is 11.3 Å². The van der Waals surface area contributed by atoms with Gasteiger partial charge in [-0.3, -0.25) is 4.79 Å². The molecule has 1 aromatic rings. The van der Waals surface area contributed by atoms with Gasteiger partial charge in [-0.15, -0.1) is 0 Å². The van der Waals surface area contributed by atoms with Crippen LogP contribution in [0.1, 0.15) is 23.1 Å². The van der Waals surface area contributed by atoms with Gasteiger partial charge in [0.1, 0.15) is 5.82 Å². The van der Waals surface area contributed by atoms with Crippen LogP contribution in [0.2, 0.25) is 0 Å². The summed E-state index contributed by atoms with van der Waals surface area (Å²) in [6.07, 6.45) is -0.0985. The molecule has 2 N–H and O–H groups in total. The summed E-state index contributed by atoms with van der Waals surface area (Å²) in [6.45, 7) is 3.76. The van der Waals surface area contributed by atoms with E-state index in [4.69, 9.17) is 5.11 Å². The van der Waals surface area contributed by atoms with Gasteiger partial charge >= 0.3 is 12.0 Å². The van der Waals surface area contributed by atoms with E-state index in [2.05, 4.69) is 5.32 Å². The first kappa shape index (κ1) is 15.9. The number of rotatable bonds is 5. The summed E-state index contributed by atoms with van der Waals surface area (Å²) in [5.74, 6) is -1.19. The van der Waals surface area contributed by atoms with E-state index >= 15 is 0 Å². The molecule has 5 nitrogen and oxygen atoms in total. The van der Waals surface area contributed by atoms with Crippen LogP contribution in [0.5, 0.6) is 0 Å². The Labute approximate surface area is 117 Å². The summed E-state index contributed by atoms with van der Waals surface area (Å²) in [6, 6.07) is 3.01. The fraction of sp³-hybridized carbons (Fsp3) is 0.429. The Morgan fingerprint density at radius 3 is 2.35 bits per heavy atom. The standard InChI is InChI=1S/C14H19FN2O3/c1-9-6-11(7-10(2)13(9)15)8-16-14(20)17(3)5-4-12(18)19/h6-7H,4-5,8H2,1-3H3,(H,16,20)(H,18,19). The number of benzene rings is 1. The summed E-state index contributed by atoms with van der Waals surface area (Å²) >= 11 is 0. The van der Waals surface area contributed by atoms with Crippen LogP contribution in [0, 0.1) is 19.7 Å². The van der Waals surface area contributed by atoms with Gasteiger partial charge in [0.25, 0.3) is 0 Å². The lowest BCUT2D eigenvalue weighted by Crippen LogP contribution is -2.38. The first-order chi connectivity index (χ1) is 9.31. The third-order valence-electron chi connectivity index (χ3n) is 2.95. The van der Waals surface area contributed by atoms with Crippen molar-refractivity contribution in [3.8, 4) is 0 Å². The van der Waals surface area contributed by atoms with Crippen LogP contribution in [0.3, 0.4) is 0 Å². The minimum absolute atomic E-state index is 0.0985. The van der Waals surface area contributed by atoms with Gasteiger partial charge < -0.3 is 15.3 Å². The highest BCUT2D eigenvalue weighted by Gasteiger charge is 2.10. The van der Waals surface area contributed by atoms with Crippen molar-refractivity contribution in [2.45, 2.75) is 26.8 Å². The number of carboxylic acids is 1. The summed E-state index contributed by atoms with van der Waals surface area (Å²) in [5, 5.41) is 11.2. The summed E-state index contributed by atoms with van der Waals surface area (Å²) < 4.78 is 13.5. The highest BCUT2D eigenvalue weighted by Crippen LogP contribution is 2.14. The van der Waals surface area contributed by atoms with E-state index in [-0.39, 0.29) is 31.4 Å². The summed E-state index contributed by atoms with van der Waals surface area (Å²) in [4.78, 5) is 23.4. The van der Waals surface area contributed by atoms with Crippen LogP contribution < -0.4 is 5.32 Å². The third kappa shape index (κ3) is 4.53. The van der Waals surface area contributed by atoms with Crippen molar-refractivity contribution in [2.75, 3.05) is 13.6 Å². The monoisotopic (exact) mass is 282 g/mol. The lowest BCUT2D eigenvalue weighted by atomic mass is 10.1. The molecule has 0 spiro atoms. The molecule has 0 radical (unpaired) electrons. The molecule has 0 saturated carbocycles. The van der Waals surface area contributed by atoms with Crippen LogP contribution in [0.15, 0.2) is 12.1 Å². The van der Waals surface area contributed by atoms with Crippen molar-refractivity contribution < 1.29 is 19.1 Å². The molecule has 0 atom stereocenters. The minimum atomic E-state index is -0.950. The quantitative estimate of drug-likeness (QED) is 0.868. The second-order valence-corrected chi connectivity index (χ2v) is 4.77. The molecule has 1 aromatic carbocycles. The van der Waals surface area contributed by atoms with Gasteiger partial charge in [-0.2, -0.15) is 0 Å². The van der Waals surface area contributed by atoms with Gasteiger partial charge in [0.2, 0.25) is 0 Å². The van der Waals surface area contributed by atoms with Gasteiger partial charge in [0, 0.05) is 20.1 Å². The Balaban J connectivity index is 2.54. The number of nitrogens with zero attached hydrogens (tertiary/aromatic N) is 1. The van der Waals surface area contributed by atoms with Gasteiger partial charge in [-0.05, 0) is 30.5 Å². The number of aliphatic carboxylic acids is 1. The van der Waals surface area contributed by atoms with E-state index < -0.39 is 5.97 Å². The first-order valence-corrected chi connectivity index (χ1v) is 6.27. The highest BCUT2D eigenvalue weighted by atomic mass is 19.1. The van der Waals surface area contributed by atoms with E-state index in [9.17, 15) is 14.0 Å². The van der Waals surface area contributed by atoms with E-state index in [1.807, 2.05) is 0 Å². The van der Waals surface area contributed by atoms with Gasteiger partial charge in [0.05, 0.1) is 6.42 Å². The Kier molecular flexibility index (Phi) is 5.49. The normalized spacial score (nSPS) is 10.2. The molecule has 0 heterocycles. The SMILES string of the molecule is Cc1cc(CNC(=O)N(C)CCC(=O)O)cc(C)c1F. The van der Waals surface area contributed by atoms with Crippen molar-refractivity contribution in [1.82, 2.24) is 10.2 Å². The maximum absolute atomic E-state index is 13.5. The Morgan fingerprint density at radius 1 is 1.30 bits per heavy atom. The van der Waals surface area contributed by atoms with E-state index in [0.29, 0.717) is 11.1 Å². The fourth-order valence-corrected chi connectivity index (χ4v) is 1.82. The zero-order valence-electron chi connectivity index (χ0n) is 11.9. The Morgan fingerprint density at radius 2 is 1.85 bits per heavy atom. The number of aryl methyl sites for hydroxylation is 2. The summed E-state index contributed by atoms with van der Waals surface area (Å²) in [5.41, 5.74) is 1.88. The molecule has 6 heteroatoms. The maximum Gasteiger partial charge on any atom is 0.317 e. The molecule has 0 saturated heterocycles. The van der Waals surface area contributed by atoms with Crippen LogP contribution in [0.25, 0.3) is 0 Å². The average molecular weight is 282 g/mol. The predicted molar refractivity (Wildman–Crippen MR) is 73.0 cm³/mol. The minimum Gasteiger partial charge on any atom is -0.481 e. The van der Waals surface area contributed by atoms with Crippen molar-refractivity contribution in [1.29, 1.82) is 0 Å². The molecule has 1 rings (SSSR count). The van der Waals surface area contributed by atoms with Crippen LogP contribution >= 0.6 is 0 Å². The molecule has 0 fully saturated rings. The molecule has 0 aliphatic rings. The molecule has 110 valence electrons. The molecular weight excluding hydrogens is 263 g/mol. The molecular formula is C14H19FN2O3. The Bertz CT molecular complexity index is 494. The number of amides is 2. The number of hydrogen-bond donors (Lipinski definition) is 2. The predicted octanol–water partition coefficient (Wildman–Crippen LogP) is 2.06. The zero-order chi connectivity index (χ0) is 15.3. The van der Waals surface area contributed by atoms with Gasteiger partial charge in [0.15, 0.2) is 0 Å². The Hall–Kier alpha value is -2.11. The third-order valence-corrected chi connectivity index (χ3v) is 2.95. The van der Waals surface area contributed by atoms with E-state index in [1.54, 1.807) is 26.0 Å². The van der Waals surface area contributed by atoms with Crippen molar-refractivity contribution in [3.05, 3.63) is 34.6 Å². The molecule has 2 amide bonds. The number of nitrogens with one attached hydrogen (secondary N) is 1. The topological polar surface area (TPSA) is 69.6 Å². The molecule has 0 aliphatic carbocycles. The van der Waals surface area contributed by atoms with E-state index in [1.165, 1.54) is 11.9 Å². The fourth-order valence-electron chi connectivity index (χ4n) is 1.82. The zero-order valence-corrected chi connectivity index (χ0v) is 11.9. The number of carbonyl (C=O) groups excluding carboxylic acids is 1. The number of halogens is 1. The molecule has 20 heavy (non-hydrogen) atoms.